The Bertz CT molecular complexity index is 519. The Morgan fingerprint density at radius 2 is 2.14 bits per heavy atom. The summed E-state index contributed by atoms with van der Waals surface area (Å²) in [5, 5.41) is 3.53. The van der Waals surface area contributed by atoms with Gasteiger partial charge >= 0.3 is 0 Å². The summed E-state index contributed by atoms with van der Waals surface area (Å²) in [6, 6.07) is 6.95. The third kappa shape index (κ3) is 4.45. The van der Waals surface area contributed by atoms with Gasteiger partial charge in [0.2, 0.25) is 11.8 Å². The average molecular weight is 325 g/mol. The van der Waals surface area contributed by atoms with Gasteiger partial charge in [-0.05, 0) is 30.5 Å². The van der Waals surface area contributed by atoms with Crippen molar-refractivity contribution in [3.63, 3.8) is 0 Å². The molecule has 1 heterocycles. The lowest BCUT2D eigenvalue weighted by atomic mass is 10.1. The largest absolute Gasteiger partial charge is 0.385 e. The summed E-state index contributed by atoms with van der Waals surface area (Å²) in [6.07, 6.45) is 1.76. The van der Waals surface area contributed by atoms with Gasteiger partial charge in [0.15, 0.2) is 0 Å². The van der Waals surface area contributed by atoms with Crippen molar-refractivity contribution in [2.75, 3.05) is 20.3 Å². The molecule has 0 saturated carbocycles. The summed E-state index contributed by atoms with van der Waals surface area (Å²) in [5.41, 5.74) is 0.969. The normalized spacial score (nSPS) is 17.8. The van der Waals surface area contributed by atoms with Crippen LogP contribution in [0.2, 0.25) is 5.02 Å². The van der Waals surface area contributed by atoms with Crippen LogP contribution in [0.1, 0.15) is 24.8 Å². The van der Waals surface area contributed by atoms with E-state index in [1.54, 1.807) is 24.1 Å². The fourth-order valence-corrected chi connectivity index (χ4v) is 2.66. The van der Waals surface area contributed by atoms with Gasteiger partial charge in [0.25, 0.3) is 0 Å². The molecular formula is C16H21ClN2O3. The molecule has 1 aromatic carbocycles. The second-order valence-corrected chi connectivity index (χ2v) is 5.78. The van der Waals surface area contributed by atoms with Crippen LogP contribution < -0.4 is 5.32 Å². The maximum absolute atomic E-state index is 12.2. The fraction of sp³-hybridized carbons (Fsp3) is 0.500. The van der Waals surface area contributed by atoms with Crippen LogP contribution in [0.5, 0.6) is 0 Å². The first-order valence-electron chi connectivity index (χ1n) is 7.42. The minimum atomic E-state index is -0.384. The number of hydrogen-bond acceptors (Lipinski definition) is 3. The number of carbonyl (C=O) groups is 2. The van der Waals surface area contributed by atoms with Gasteiger partial charge in [-0.25, -0.2) is 0 Å². The lowest BCUT2D eigenvalue weighted by Crippen LogP contribution is -2.44. The minimum Gasteiger partial charge on any atom is -0.385 e. The molecular weight excluding hydrogens is 304 g/mol. The molecule has 0 aliphatic carbocycles. The number of methoxy groups -OCH3 is 1. The van der Waals surface area contributed by atoms with Crippen molar-refractivity contribution in [2.45, 2.75) is 31.8 Å². The summed E-state index contributed by atoms with van der Waals surface area (Å²) in [4.78, 5) is 25.9. The highest BCUT2D eigenvalue weighted by atomic mass is 35.5. The van der Waals surface area contributed by atoms with E-state index in [1.165, 1.54) is 0 Å². The monoisotopic (exact) mass is 324 g/mol. The number of hydrogen-bond donors (Lipinski definition) is 1. The lowest BCUT2D eigenvalue weighted by molar-refractivity contribution is -0.135. The van der Waals surface area contributed by atoms with Crippen LogP contribution in [0.3, 0.4) is 0 Å². The van der Waals surface area contributed by atoms with E-state index >= 15 is 0 Å². The van der Waals surface area contributed by atoms with Gasteiger partial charge in [-0.1, -0.05) is 23.7 Å². The standard InChI is InChI=1S/C16H21ClN2O3/c1-22-10-2-9-18-16(21)14-7-8-15(20)19(14)11-12-3-5-13(17)6-4-12/h3-6,14H,2,7-11H2,1H3,(H,18,21)/t14-/m1/s1. The summed E-state index contributed by atoms with van der Waals surface area (Å²) in [7, 11) is 1.63. The zero-order valence-electron chi connectivity index (χ0n) is 12.7. The molecule has 1 fully saturated rings. The molecule has 120 valence electrons. The van der Waals surface area contributed by atoms with E-state index < -0.39 is 0 Å². The van der Waals surface area contributed by atoms with Crippen LogP contribution in [0.25, 0.3) is 0 Å². The fourth-order valence-electron chi connectivity index (χ4n) is 2.54. The van der Waals surface area contributed by atoms with Crippen molar-refractivity contribution in [3.8, 4) is 0 Å². The van der Waals surface area contributed by atoms with Crippen molar-refractivity contribution in [1.82, 2.24) is 10.2 Å². The van der Waals surface area contributed by atoms with E-state index in [1.807, 2.05) is 12.1 Å². The maximum Gasteiger partial charge on any atom is 0.242 e. The highest BCUT2D eigenvalue weighted by molar-refractivity contribution is 6.30. The maximum atomic E-state index is 12.2. The number of amides is 2. The van der Waals surface area contributed by atoms with Crippen LogP contribution in [0, 0.1) is 0 Å². The molecule has 0 aromatic heterocycles. The Morgan fingerprint density at radius 1 is 1.41 bits per heavy atom. The van der Waals surface area contributed by atoms with Gasteiger partial charge < -0.3 is 15.0 Å². The molecule has 2 rings (SSSR count). The summed E-state index contributed by atoms with van der Waals surface area (Å²) < 4.78 is 4.95. The van der Waals surface area contributed by atoms with Gasteiger partial charge in [-0.2, -0.15) is 0 Å². The van der Waals surface area contributed by atoms with Gasteiger partial charge in [0.1, 0.15) is 6.04 Å². The van der Waals surface area contributed by atoms with E-state index in [4.69, 9.17) is 16.3 Å². The smallest absolute Gasteiger partial charge is 0.242 e. The molecule has 1 saturated heterocycles. The third-order valence-electron chi connectivity index (χ3n) is 3.72. The van der Waals surface area contributed by atoms with Gasteiger partial charge in [0.05, 0.1) is 0 Å². The van der Waals surface area contributed by atoms with E-state index in [-0.39, 0.29) is 17.9 Å². The first-order valence-corrected chi connectivity index (χ1v) is 7.80. The number of carbonyl (C=O) groups excluding carboxylic acids is 2. The minimum absolute atomic E-state index is 0.0204. The summed E-state index contributed by atoms with van der Waals surface area (Å²) >= 11 is 5.86. The van der Waals surface area contributed by atoms with Crippen molar-refractivity contribution >= 4 is 23.4 Å². The Labute approximate surface area is 135 Å². The quantitative estimate of drug-likeness (QED) is 0.780. The molecule has 2 amide bonds. The van der Waals surface area contributed by atoms with Crippen LogP contribution in [0.4, 0.5) is 0 Å². The van der Waals surface area contributed by atoms with E-state index in [9.17, 15) is 9.59 Å². The molecule has 0 unspecified atom stereocenters. The van der Waals surface area contributed by atoms with Gasteiger partial charge in [0, 0.05) is 38.2 Å². The van der Waals surface area contributed by atoms with Crippen molar-refractivity contribution in [3.05, 3.63) is 34.9 Å². The Morgan fingerprint density at radius 3 is 2.82 bits per heavy atom. The number of halogens is 1. The zero-order chi connectivity index (χ0) is 15.9. The second-order valence-electron chi connectivity index (χ2n) is 5.34. The molecule has 1 aliphatic rings. The SMILES string of the molecule is COCCCNC(=O)[C@H]1CCC(=O)N1Cc1ccc(Cl)cc1. The molecule has 0 bridgehead atoms. The number of rotatable bonds is 7. The van der Waals surface area contributed by atoms with E-state index in [0.717, 1.165) is 12.0 Å². The molecule has 1 atom stereocenters. The average Bonchev–Trinajstić information content (AvgIpc) is 2.87. The van der Waals surface area contributed by atoms with Crippen LogP contribution in [-0.4, -0.2) is 43.0 Å². The Balaban J connectivity index is 1.93. The molecule has 22 heavy (non-hydrogen) atoms. The zero-order valence-corrected chi connectivity index (χ0v) is 13.4. The predicted molar refractivity (Wildman–Crippen MR) is 84.5 cm³/mol. The number of ether oxygens (including phenoxy) is 1. The summed E-state index contributed by atoms with van der Waals surface area (Å²) in [6.45, 7) is 1.61. The number of nitrogens with one attached hydrogen (secondary N) is 1. The Kier molecular flexibility index (Phi) is 6.21. The Hall–Kier alpha value is -1.59. The molecule has 1 aromatic rings. The van der Waals surface area contributed by atoms with E-state index in [2.05, 4.69) is 5.32 Å². The molecule has 0 spiro atoms. The number of benzene rings is 1. The second kappa shape index (κ2) is 8.15. The lowest BCUT2D eigenvalue weighted by Gasteiger charge is -2.24. The highest BCUT2D eigenvalue weighted by Gasteiger charge is 2.35. The first kappa shape index (κ1) is 16.8. The van der Waals surface area contributed by atoms with Gasteiger partial charge in [-0.3, -0.25) is 9.59 Å². The summed E-state index contributed by atoms with van der Waals surface area (Å²) in [5.74, 6) is -0.0668. The molecule has 1 N–H and O–H groups in total. The van der Waals surface area contributed by atoms with Crippen molar-refractivity contribution < 1.29 is 14.3 Å². The topological polar surface area (TPSA) is 58.6 Å². The van der Waals surface area contributed by atoms with E-state index in [0.29, 0.717) is 37.6 Å². The van der Waals surface area contributed by atoms with Crippen LogP contribution in [0.15, 0.2) is 24.3 Å². The van der Waals surface area contributed by atoms with Crippen molar-refractivity contribution in [2.24, 2.45) is 0 Å². The van der Waals surface area contributed by atoms with Gasteiger partial charge in [-0.15, -0.1) is 0 Å². The van der Waals surface area contributed by atoms with Crippen LogP contribution >= 0.6 is 11.6 Å². The van der Waals surface area contributed by atoms with Crippen LogP contribution in [-0.2, 0) is 20.9 Å². The number of likely N-dealkylation sites (tertiary alicyclic amines) is 1. The molecule has 6 heteroatoms. The predicted octanol–water partition coefficient (Wildman–Crippen LogP) is 1.98. The third-order valence-corrected chi connectivity index (χ3v) is 3.97. The molecule has 5 nitrogen and oxygen atoms in total. The number of nitrogens with zero attached hydrogens (tertiary/aromatic N) is 1. The first-order chi connectivity index (χ1) is 10.6. The molecule has 0 radical (unpaired) electrons. The highest BCUT2D eigenvalue weighted by Crippen LogP contribution is 2.22. The van der Waals surface area contributed by atoms with Crippen molar-refractivity contribution in [1.29, 1.82) is 0 Å². The molecule has 1 aliphatic heterocycles.